The van der Waals surface area contributed by atoms with E-state index >= 15 is 0 Å². The molecule has 24 heavy (non-hydrogen) atoms. The minimum atomic E-state index is -0.0564. The van der Waals surface area contributed by atoms with Crippen LogP contribution < -0.4 is 0 Å². The van der Waals surface area contributed by atoms with Crippen molar-refractivity contribution in [2.45, 2.75) is 18.7 Å². The monoisotopic (exact) mass is 356 g/mol. The fraction of sp³-hybridized carbons (Fsp3) is 0.263. The molecule has 0 spiro atoms. The summed E-state index contributed by atoms with van der Waals surface area (Å²) in [6, 6.07) is 15.9. The van der Waals surface area contributed by atoms with E-state index in [-0.39, 0.29) is 11.9 Å². The third-order valence-electron chi connectivity index (χ3n) is 4.05. The third-order valence-corrected chi connectivity index (χ3v) is 5.88. The Labute approximate surface area is 150 Å². The highest BCUT2D eigenvalue weighted by Gasteiger charge is 2.21. The lowest BCUT2D eigenvalue weighted by Gasteiger charge is -2.23. The quantitative estimate of drug-likeness (QED) is 0.645. The van der Waals surface area contributed by atoms with Crippen molar-refractivity contribution in [3.8, 4) is 0 Å². The Kier molecular flexibility index (Phi) is 5.21. The molecule has 0 saturated carbocycles. The highest BCUT2D eigenvalue weighted by Crippen LogP contribution is 2.29. The number of carbonyl (C=O) groups excluding carboxylic acids is 1. The maximum absolute atomic E-state index is 12.8. The smallest absolute Gasteiger partial charge is 0.254 e. The molecule has 1 aromatic heterocycles. The molecule has 1 atom stereocenters. The molecular weight excluding hydrogens is 336 g/mol. The number of benzene rings is 2. The molecule has 124 valence electrons. The minimum Gasteiger partial charge on any atom is -0.333 e. The number of carbonyl (C=O) groups is 1. The van der Waals surface area contributed by atoms with Gasteiger partial charge in [-0.25, -0.2) is 4.98 Å². The van der Waals surface area contributed by atoms with E-state index in [2.05, 4.69) is 23.4 Å². The highest BCUT2D eigenvalue weighted by molar-refractivity contribution is 7.97. The number of hydrogen-bond acceptors (Lipinski definition) is 4. The fourth-order valence-electron chi connectivity index (χ4n) is 2.57. The first-order valence-corrected chi connectivity index (χ1v) is 10.0. The van der Waals surface area contributed by atoms with Crippen LogP contribution in [0.1, 0.15) is 33.9 Å². The van der Waals surface area contributed by atoms with Gasteiger partial charge >= 0.3 is 0 Å². The molecule has 5 heteroatoms. The Balaban J connectivity index is 1.83. The summed E-state index contributed by atoms with van der Waals surface area (Å²) in [5, 5.41) is 0.965. The van der Waals surface area contributed by atoms with Gasteiger partial charge in [0.05, 0.1) is 16.3 Å². The van der Waals surface area contributed by atoms with Crippen LogP contribution in [0, 0.1) is 0 Å². The van der Waals surface area contributed by atoms with E-state index < -0.39 is 0 Å². The average Bonchev–Trinajstić information content (AvgIpc) is 3.04. The molecule has 2 aromatic carbocycles. The van der Waals surface area contributed by atoms with Gasteiger partial charge in [-0.05, 0) is 43.0 Å². The number of hydrogen-bond donors (Lipinski definition) is 0. The number of aromatic nitrogens is 1. The average molecular weight is 357 g/mol. The molecule has 0 bridgehead atoms. The lowest BCUT2D eigenvalue weighted by Crippen LogP contribution is -2.29. The number of fused-ring (bicyclic) bond motifs is 1. The summed E-state index contributed by atoms with van der Waals surface area (Å²) in [4.78, 5) is 19.3. The van der Waals surface area contributed by atoms with Gasteiger partial charge < -0.3 is 4.90 Å². The van der Waals surface area contributed by atoms with Gasteiger partial charge in [0.25, 0.3) is 5.91 Å². The zero-order valence-electron chi connectivity index (χ0n) is 14.0. The van der Waals surface area contributed by atoms with Crippen LogP contribution in [-0.2, 0) is 5.75 Å². The molecule has 3 aromatic rings. The molecule has 0 fully saturated rings. The topological polar surface area (TPSA) is 33.2 Å². The summed E-state index contributed by atoms with van der Waals surface area (Å²) in [6.45, 7) is 2.03. The fourth-order valence-corrected chi connectivity index (χ4v) is 4.15. The molecule has 3 rings (SSSR count). The van der Waals surface area contributed by atoms with Crippen molar-refractivity contribution in [1.82, 2.24) is 9.88 Å². The van der Waals surface area contributed by atoms with Crippen molar-refractivity contribution in [3.63, 3.8) is 0 Å². The number of para-hydroxylation sites is 1. The zero-order chi connectivity index (χ0) is 17.1. The molecule has 3 nitrogen and oxygen atoms in total. The number of thiazole rings is 1. The molecule has 0 unspecified atom stereocenters. The molecular formula is C19H20N2OS2. The molecule has 0 aliphatic heterocycles. The SMILES string of the molecule is CSCc1cccc(C(=O)N(C)[C@H](C)c2nc3ccccc3s2)c1. The number of rotatable bonds is 5. The largest absolute Gasteiger partial charge is 0.333 e. The summed E-state index contributed by atoms with van der Waals surface area (Å²) in [7, 11) is 1.85. The van der Waals surface area contributed by atoms with Gasteiger partial charge in [0.2, 0.25) is 0 Å². The number of amides is 1. The van der Waals surface area contributed by atoms with E-state index in [0.29, 0.717) is 0 Å². The van der Waals surface area contributed by atoms with Crippen LogP contribution in [0.15, 0.2) is 48.5 Å². The van der Waals surface area contributed by atoms with Crippen molar-refractivity contribution in [3.05, 3.63) is 64.7 Å². The lowest BCUT2D eigenvalue weighted by molar-refractivity contribution is 0.0742. The number of thioether (sulfide) groups is 1. The third kappa shape index (κ3) is 3.47. The molecule has 0 aliphatic carbocycles. The molecule has 0 aliphatic rings. The van der Waals surface area contributed by atoms with Gasteiger partial charge in [-0.2, -0.15) is 11.8 Å². The summed E-state index contributed by atoms with van der Waals surface area (Å²) in [6.07, 6.45) is 2.07. The Morgan fingerprint density at radius 3 is 2.79 bits per heavy atom. The van der Waals surface area contributed by atoms with Crippen LogP contribution in [0.4, 0.5) is 0 Å². The molecule has 1 amide bonds. The Hall–Kier alpha value is -1.85. The van der Waals surface area contributed by atoms with Gasteiger partial charge in [0.1, 0.15) is 5.01 Å². The van der Waals surface area contributed by atoms with Crippen molar-refractivity contribution in [2.75, 3.05) is 13.3 Å². The highest BCUT2D eigenvalue weighted by atomic mass is 32.2. The van der Waals surface area contributed by atoms with Crippen molar-refractivity contribution in [1.29, 1.82) is 0 Å². The van der Waals surface area contributed by atoms with Gasteiger partial charge in [-0.15, -0.1) is 11.3 Å². The Bertz CT molecular complexity index is 826. The normalized spacial score (nSPS) is 12.3. The summed E-state index contributed by atoms with van der Waals surface area (Å²) in [5.41, 5.74) is 2.90. The van der Waals surface area contributed by atoms with E-state index in [0.717, 1.165) is 26.5 Å². The van der Waals surface area contributed by atoms with E-state index in [1.165, 1.54) is 5.56 Å². The Morgan fingerprint density at radius 1 is 1.25 bits per heavy atom. The maximum Gasteiger partial charge on any atom is 0.254 e. The zero-order valence-corrected chi connectivity index (χ0v) is 15.7. The second-order valence-corrected chi connectivity index (χ2v) is 7.67. The minimum absolute atomic E-state index is 0.0321. The summed E-state index contributed by atoms with van der Waals surface area (Å²) in [5.74, 6) is 0.947. The van der Waals surface area contributed by atoms with Crippen molar-refractivity contribution in [2.24, 2.45) is 0 Å². The van der Waals surface area contributed by atoms with Crippen LogP contribution in [0.2, 0.25) is 0 Å². The van der Waals surface area contributed by atoms with Gasteiger partial charge in [0.15, 0.2) is 0 Å². The lowest BCUT2D eigenvalue weighted by atomic mass is 10.1. The van der Waals surface area contributed by atoms with E-state index in [1.54, 1.807) is 28.0 Å². The first-order chi connectivity index (χ1) is 11.6. The van der Waals surface area contributed by atoms with Crippen LogP contribution in [-0.4, -0.2) is 29.1 Å². The van der Waals surface area contributed by atoms with Crippen LogP contribution in [0.3, 0.4) is 0 Å². The van der Waals surface area contributed by atoms with Crippen molar-refractivity contribution < 1.29 is 4.79 Å². The predicted octanol–water partition coefficient (Wildman–Crippen LogP) is 4.99. The van der Waals surface area contributed by atoms with E-state index in [9.17, 15) is 4.79 Å². The molecule has 0 radical (unpaired) electrons. The van der Waals surface area contributed by atoms with Crippen molar-refractivity contribution >= 4 is 39.2 Å². The predicted molar refractivity (Wildman–Crippen MR) is 104 cm³/mol. The first-order valence-electron chi connectivity index (χ1n) is 7.80. The first kappa shape index (κ1) is 17.0. The van der Waals surface area contributed by atoms with Gasteiger partial charge in [-0.1, -0.05) is 24.3 Å². The van der Waals surface area contributed by atoms with E-state index in [4.69, 9.17) is 0 Å². The maximum atomic E-state index is 12.8. The second kappa shape index (κ2) is 7.36. The van der Waals surface area contributed by atoms with E-state index in [1.807, 2.05) is 50.4 Å². The van der Waals surface area contributed by atoms with Crippen LogP contribution >= 0.6 is 23.1 Å². The molecule has 1 heterocycles. The van der Waals surface area contributed by atoms with Gasteiger partial charge in [0, 0.05) is 18.4 Å². The van der Waals surface area contributed by atoms with Gasteiger partial charge in [-0.3, -0.25) is 4.79 Å². The standard InChI is InChI=1S/C19H20N2OS2/c1-13(18-20-16-9-4-5-10-17(16)24-18)21(2)19(22)15-8-6-7-14(11-15)12-23-3/h4-11,13H,12H2,1-3H3/t13-/m1/s1. The Morgan fingerprint density at radius 2 is 2.04 bits per heavy atom. The summed E-state index contributed by atoms with van der Waals surface area (Å²) >= 11 is 3.41. The van der Waals surface area contributed by atoms with Crippen LogP contribution in [0.5, 0.6) is 0 Å². The molecule has 0 N–H and O–H groups in total. The second-order valence-electron chi connectivity index (χ2n) is 5.75. The molecule has 0 saturated heterocycles. The van der Waals surface area contributed by atoms with Crippen LogP contribution in [0.25, 0.3) is 10.2 Å². The summed E-state index contributed by atoms with van der Waals surface area (Å²) < 4.78 is 1.15. The number of nitrogens with zero attached hydrogens (tertiary/aromatic N) is 2.